The lowest BCUT2D eigenvalue weighted by Crippen LogP contribution is -2.70. The molecule has 13 heteroatoms. The van der Waals surface area contributed by atoms with Gasteiger partial charge in [-0.1, -0.05) is 0 Å². The number of aliphatic hydroxyl groups is 6. The molecule has 2 aliphatic heterocycles. The standard InChI is InChI=1S/C19H38N4O9/c1-19(29)5-30-18(14(28)17(19)23-2)32-15-7(22)3-6(21)9(11(15)25)16-13(27)12(26)10(24)8(4-20)31-16/h6-18,23-29H,3-5,20-22H2,1-2H3. The lowest BCUT2D eigenvalue weighted by atomic mass is 9.72. The van der Waals surface area contributed by atoms with Crippen LogP contribution in [0.15, 0.2) is 0 Å². The van der Waals surface area contributed by atoms with E-state index in [9.17, 15) is 30.6 Å². The van der Waals surface area contributed by atoms with Crippen molar-refractivity contribution in [3.05, 3.63) is 0 Å². The minimum atomic E-state index is -1.54. The van der Waals surface area contributed by atoms with Crippen molar-refractivity contribution in [3.8, 4) is 0 Å². The van der Waals surface area contributed by atoms with Gasteiger partial charge in [0.05, 0.1) is 31.0 Å². The molecule has 3 aliphatic rings. The lowest BCUT2D eigenvalue weighted by molar-refractivity contribution is -0.302. The largest absolute Gasteiger partial charge is 0.390 e. The molecule has 0 aromatic carbocycles. The van der Waals surface area contributed by atoms with Crippen LogP contribution in [0.4, 0.5) is 0 Å². The molecule has 14 unspecified atom stereocenters. The highest BCUT2D eigenvalue weighted by atomic mass is 16.7. The summed E-state index contributed by atoms with van der Waals surface area (Å²) in [7, 11) is 1.58. The van der Waals surface area contributed by atoms with Gasteiger partial charge < -0.3 is 67.4 Å². The summed E-state index contributed by atoms with van der Waals surface area (Å²) in [5.41, 5.74) is 16.7. The van der Waals surface area contributed by atoms with E-state index >= 15 is 0 Å². The van der Waals surface area contributed by atoms with Gasteiger partial charge in [-0.25, -0.2) is 0 Å². The summed E-state index contributed by atoms with van der Waals surface area (Å²) in [5.74, 6) is -0.921. The SMILES string of the molecule is CNC1C(O)C(OC2C(N)CC(N)C(C3OC(CN)C(O)C(O)C3O)C2O)OCC1(C)O. The topological polar surface area (TPSA) is 239 Å². The number of ether oxygens (including phenoxy) is 3. The Bertz CT molecular complexity index is 630. The van der Waals surface area contributed by atoms with Crippen LogP contribution >= 0.6 is 0 Å². The number of nitrogens with one attached hydrogen (secondary N) is 1. The van der Waals surface area contributed by atoms with Gasteiger partial charge in [0.2, 0.25) is 0 Å². The van der Waals surface area contributed by atoms with Crippen LogP contribution < -0.4 is 22.5 Å². The van der Waals surface area contributed by atoms with Crippen LogP contribution in [0.3, 0.4) is 0 Å². The van der Waals surface area contributed by atoms with Crippen LogP contribution in [-0.4, -0.2) is 130 Å². The van der Waals surface area contributed by atoms with Crippen LogP contribution in [0, 0.1) is 5.92 Å². The van der Waals surface area contributed by atoms with Gasteiger partial charge in [0.25, 0.3) is 0 Å². The third kappa shape index (κ3) is 4.68. The van der Waals surface area contributed by atoms with Crippen molar-refractivity contribution in [2.24, 2.45) is 23.1 Å². The van der Waals surface area contributed by atoms with E-state index in [0.717, 1.165) is 0 Å². The Morgan fingerprint density at radius 2 is 1.66 bits per heavy atom. The summed E-state index contributed by atoms with van der Waals surface area (Å²) in [5, 5.41) is 65.9. The van der Waals surface area contributed by atoms with Gasteiger partial charge in [0.15, 0.2) is 6.29 Å². The van der Waals surface area contributed by atoms with E-state index in [-0.39, 0.29) is 19.6 Å². The summed E-state index contributed by atoms with van der Waals surface area (Å²) < 4.78 is 17.1. The quantitative estimate of drug-likeness (QED) is 0.182. The van der Waals surface area contributed by atoms with Crippen LogP contribution in [0.1, 0.15) is 13.3 Å². The molecule has 0 bridgehead atoms. The fourth-order valence-corrected chi connectivity index (χ4v) is 5.16. The number of rotatable bonds is 5. The zero-order chi connectivity index (χ0) is 24.0. The highest BCUT2D eigenvalue weighted by molar-refractivity contribution is 5.06. The molecule has 14 atom stereocenters. The summed E-state index contributed by atoms with van der Waals surface area (Å²) in [6.45, 7) is 1.26. The summed E-state index contributed by atoms with van der Waals surface area (Å²) in [6, 6.07) is -2.21. The second-order valence-electron chi connectivity index (χ2n) is 9.37. The first-order chi connectivity index (χ1) is 14.9. The molecule has 0 amide bonds. The maximum absolute atomic E-state index is 11.1. The van der Waals surface area contributed by atoms with Crippen LogP contribution in [-0.2, 0) is 14.2 Å². The summed E-state index contributed by atoms with van der Waals surface area (Å²) >= 11 is 0. The lowest BCUT2D eigenvalue weighted by Gasteiger charge is -2.51. The maximum Gasteiger partial charge on any atom is 0.185 e. The monoisotopic (exact) mass is 466 g/mol. The molecule has 3 rings (SSSR count). The van der Waals surface area contributed by atoms with Crippen molar-refractivity contribution in [2.45, 2.75) is 92.2 Å². The zero-order valence-electron chi connectivity index (χ0n) is 18.3. The summed E-state index contributed by atoms with van der Waals surface area (Å²) in [6.07, 6.45) is -11.3. The minimum absolute atomic E-state index is 0.119. The fourth-order valence-electron chi connectivity index (χ4n) is 5.16. The third-order valence-corrected chi connectivity index (χ3v) is 6.99. The molecular formula is C19H38N4O9. The second-order valence-corrected chi connectivity index (χ2v) is 9.37. The molecule has 13 nitrogen and oxygen atoms in total. The molecular weight excluding hydrogens is 428 g/mol. The average Bonchev–Trinajstić information content (AvgIpc) is 2.72. The zero-order valence-corrected chi connectivity index (χ0v) is 18.3. The number of hydrogen-bond donors (Lipinski definition) is 10. The van der Waals surface area contributed by atoms with E-state index in [1.165, 1.54) is 6.92 Å². The van der Waals surface area contributed by atoms with Crippen LogP contribution in [0.2, 0.25) is 0 Å². The average molecular weight is 467 g/mol. The Hall–Kier alpha value is -0.520. The first kappa shape index (κ1) is 26.1. The Morgan fingerprint density at radius 3 is 2.25 bits per heavy atom. The molecule has 0 spiro atoms. The van der Waals surface area contributed by atoms with E-state index in [2.05, 4.69) is 5.32 Å². The van der Waals surface area contributed by atoms with Crippen molar-refractivity contribution in [1.29, 1.82) is 0 Å². The Kier molecular flexibility index (Phi) is 8.15. The number of nitrogens with two attached hydrogens (primary N) is 3. The van der Waals surface area contributed by atoms with Gasteiger partial charge in [0, 0.05) is 24.5 Å². The van der Waals surface area contributed by atoms with Crippen LogP contribution in [0.25, 0.3) is 0 Å². The molecule has 0 radical (unpaired) electrons. The molecule has 0 aromatic heterocycles. The van der Waals surface area contributed by atoms with Gasteiger partial charge in [-0.3, -0.25) is 0 Å². The van der Waals surface area contributed by atoms with Crippen molar-refractivity contribution < 1.29 is 44.8 Å². The predicted molar refractivity (Wildman–Crippen MR) is 110 cm³/mol. The predicted octanol–water partition coefficient (Wildman–Crippen LogP) is -5.73. The Labute approximate surface area is 186 Å². The normalized spacial score (nSPS) is 55.0. The van der Waals surface area contributed by atoms with Gasteiger partial charge in [-0.15, -0.1) is 0 Å². The maximum atomic E-state index is 11.1. The van der Waals surface area contributed by atoms with E-state index in [1.54, 1.807) is 7.05 Å². The molecule has 32 heavy (non-hydrogen) atoms. The number of hydrogen-bond acceptors (Lipinski definition) is 13. The first-order valence-corrected chi connectivity index (χ1v) is 10.9. The molecule has 1 aliphatic carbocycles. The molecule has 2 saturated heterocycles. The minimum Gasteiger partial charge on any atom is -0.390 e. The second kappa shape index (κ2) is 10.00. The first-order valence-electron chi connectivity index (χ1n) is 10.9. The summed E-state index contributed by atoms with van der Waals surface area (Å²) in [4.78, 5) is 0. The Morgan fingerprint density at radius 1 is 1.00 bits per heavy atom. The van der Waals surface area contributed by atoms with Gasteiger partial charge in [0.1, 0.15) is 36.1 Å². The van der Waals surface area contributed by atoms with Crippen molar-refractivity contribution in [1.82, 2.24) is 5.32 Å². The molecule has 3 fully saturated rings. The smallest absolute Gasteiger partial charge is 0.185 e. The molecule has 0 aromatic rings. The number of aliphatic hydroxyl groups excluding tert-OH is 5. The number of likely N-dealkylation sites (N-methyl/N-ethyl adjacent to an activating group) is 1. The fraction of sp³-hybridized carbons (Fsp3) is 1.00. The van der Waals surface area contributed by atoms with Crippen molar-refractivity contribution in [2.75, 3.05) is 20.2 Å². The molecule has 188 valence electrons. The van der Waals surface area contributed by atoms with Gasteiger partial charge in [-0.2, -0.15) is 0 Å². The van der Waals surface area contributed by atoms with E-state index in [1.807, 2.05) is 0 Å². The molecule has 2 heterocycles. The van der Waals surface area contributed by atoms with Crippen molar-refractivity contribution >= 4 is 0 Å². The highest BCUT2D eigenvalue weighted by Crippen LogP contribution is 2.36. The van der Waals surface area contributed by atoms with Gasteiger partial charge in [-0.05, 0) is 20.4 Å². The highest BCUT2D eigenvalue weighted by Gasteiger charge is 2.55. The molecule has 13 N–H and O–H groups in total. The van der Waals surface area contributed by atoms with E-state index in [4.69, 9.17) is 31.4 Å². The third-order valence-electron chi connectivity index (χ3n) is 6.99. The van der Waals surface area contributed by atoms with E-state index < -0.39 is 84.8 Å². The molecule has 1 saturated carbocycles. The van der Waals surface area contributed by atoms with Crippen LogP contribution in [0.5, 0.6) is 0 Å². The Balaban J connectivity index is 1.79. The van der Waals surface area contributed by atoms with E-state index in [0.29, 0.717) is 0 Å². The van der Waals surface area contributed by atoms with Crippen molar-refractivity contribution in [3.63, 3.8) is 0 Å². The van der Waals surface area contributed by atoms with Gasteiger partial charge >= 0.3 is 0 Å².